The number of halogens is 1. The molecule has 1 atom stereocenters. The van der Waals surface area contributed by atoms with Gasteiger partial charge in [0, 0.05) is 6.20 Å². The van der Waals surface area contributed by atoms with Gasteiger partial charge in [0.2, 0.25) is 0 Å². The zero-order valence-corrected chi connectivity index (χ0v) is 16.4. The van der Waals surface area contributed by atoms with Crippen LogP contribution >= 0.6 is 11.6 Å². The lowest BCUT2D eigenvalue weighted by atomic mass is 9.98. The Morgan fingerprint density at radius 1 is 1.00 bits per heavy atom. The summed E-state index contributed by atoms with van der Waals surface area (Å²) >= 11 is 5.88. The van der Waals surface area contributed by atoms with E-state index in [1.54, 1.807) is 13.2 Å². The number of nitrogens with one attached hydrogen (secondary N) is 1. The summed E-state index contributed by atoms with van der Waals surface area (Å²) in [5.41, 5.74) is 1.87. The number of rotatable bonds is 7. The van der Waals surface area contributed by atoms with Crippen LogP contribution in [0.4, 0.5) is 0 Å². The smallest absolute Gasteiger partial charge is 0.341 e. The lowest BCUT2D eigenvalue weighted by Crippen LogP contribution is -2.33. The lowest BCUT2D eigenvalue weighted by molar-refractivity contribution is -0.124. The van der Waals surface area contributed by atoms with E-state index in [1.807, 2.05) is 54.6 Å². The highest BCUT2D eigenvalue weighted by molar-refractivity contribution is 6.32. The minimum Gasteiger partial charge on any atom is -0.497 e. The van der Waals surface area contributed by atoms with Crippen molar-refractivity contribution in [3.05, 3.63) is 94.8 Å². The van der Waals surface area contributed by atoms with Crippen LogP contribution < -0.4 is 10.1 Å². The molecule has 0 radical (unpaired) electrons. The molecule has 3 aromatic rings. The largest absolute Gasteiger partial charge is 0.497 e. The Hall–Kier alpha value is -3.38. The number of benzene rings is 2. The summed E-state index contributed by atoms with van der Waals surface area (Å²) in [6.07, 6.45) is 1.46. The summed E-state index contributed by atoms with van der Waals surface area (Å²) in [6, 6.07) is 19.5. The molecule has 0 aliphatic carbocycles. The zero-order valence-electron chi connectivity index (χ0n) is 15.7. The number of nitrogens with zero attached hydrogens (tertiary/aromatic N) is 1. The highest BCUT2D eigenvalue weighted by atomic mass is 35.5. The number of pyridine rings is 1. The lowest BCUT2D eigenvalue weighted by Gasteiger charge is -2.20. The summed E-state index contributed by atoms with van der Waals surface area (Å²) in [5, 5.41) is 2.93. The maximum Gasteiger partial charge on any atom is 0.341 e. The van der Waals surface area contributed by atoms with E-state index in [-0.39, 0.29) is 10.7 Å². The molecule has 0 spiro atoms. The quantitative estimate of drug-likeness (QED) is 0.473. The highest BCUT2D eigenvalue weighted by Gasteiger charge is 2.19. The molecule has 1 heterocycles. The second-order valence-electron chi connectivity index (χ2n) is 6.10. The minimum absolute atomic E-state index is 0.0262. The number of esters is 1. The summed E-state index contributed by atoms with van der Waals surface area (Å²) in [5.74, 6) is -0.434. The average molecular weight is 411 g/mol. The van der Waals surface area contributed by atoms with Crippen LogP contribution in [0.3, 0.4) is 0 Å². The molecule has 0 saturated carbocycles. The van der Waals surface area contributed by atoms with Crippen LogP contribution in [0.1, 0.15) is 27.5 Å². The number of carbonyl (C=O) groups is 2. The zero-order chi connectivity index (χ0) is 20.6. The molecule has 1 N–H and O–H groups in total. The van der Waals surface area contributed by atoms with Gasteiger partial charge in [-0.1, -0.05) is 54.1 Å². The molecule has 6 nitrogen and oxygen atoms in total. The molecule has 7 heteroatoms. The molecule has 0 aliphatic rings. The predicted molar refractivity (Wildman–Crippen MR) is 109 cm³/mol. The van der Waals surface area contributed by atoms with E-state index in [4.69, 9.17) is 21.1 Å². The first-order chi connectivity index (χ1) is 14.1. The van der Waals surface area contributed by atoms with Crippen LogP contribution in [0.15, 0.2) is 72.9 Å². The van der Waals surface area contributed by atoms with Crippen molar-refractivity contribution in [2.45, 2.75) is 6.04 Å². The van der Waals surface area contributed by atoms with Crippen molar-refractivity contribution in [3.63, 3.8) is 0 Å². The second kappa shape index (κ2) is 9.71. The van der Waals surface area contributed by atoms with Gasteiger partial charge in [-0.15, -0.1) is 0 Å². The van der Waals surface area contributed by atoms with Gasteiger partial charge in [0.1, 0.15) is 10.9 Å². The minimum atomic E-state index is -0.709. The van der Waals surface area contributed by atoms with Gasteiger partial charge in [-0.2, -0.15) is 0 Å². The van der Waals surface area contributed by atoms with Crippen LogP contribution in [-0.2, 0) is 9.53 Å². The topological polar surface area (TPSA) is 77.5 Å². The van der Waals surface area contributed by atoms with Crippen LogP contribution in [0, 0.1) is 0 Å². The molecule has 0 bridgehead atoms. The summed E-state index contributed by atoms with van der Waals surface area (Å²) in [4.78, 5) is 28.4. The van der Waals surface area contributed by atoms with Crippen LogP contribution in [0.25, 0.3) is 0 Å². The molecule has 1 aromatic heterocycles. The van der Waals surface area contributed by atoms with Crippen molar-refractivity contribution in [1.29, 1.82) is 0 Å². The summed E-state index contributed by atoms with van der Waals surface area (Å²) in [6.45, 7) is -0.441. The number of carbonyl (C=O) groups excluding carboxylic acids is 2. The Morgan fingerprint density at radius 3 is 2.34 bits per heavy atom. The maximum absolute atomic E-state index is 12.5. The van der Waals surface area contributed by atoms with Gasteiger partial charge in [-0.05, 0) is 35.4 Å². The van der Waals surface area contributed by atoms with Crippen molar-refractivity contribution >= 4 is 23.5 Å². The van der Waals surface area contributed by atoms with Gasteiger partial charge < -0.3 is 14.8 Å². The van der Waals surface area contributed by atoms with Gasteiger partial charge >= 0.3 is 5.97 Å². The van der Waals surface area contributed by atoms with E-state index in [1.165, 1.54) is 12.3 Å². The monoisotopic (exact) mass is 410 g/mol. The standard InChI is InChI=1S/C22H19ClN2O4/c1-28-17-11-9-16(10-12-17)20(15-6-3-2-4-7-15)25-19(26)14-29-22(27)18-8-5-13-24-21(18)23/h2-13,20H,14H2,1H3,(H,25,26)/t20-/m1/s1. The highest BCUT2D eigenvalue weighted by Crippen LogP contribution is 2.24. The average Bonchev–Trinajstić information content (AvgIpc) is 2.77. The van der Waals surface area contributed by atoms with Crippen molar-refractivity contribution < 1.29 is 19.1 Å². The Labute approximate surface area is 173 Å². The molecule has 29 heavy (non-hydrogen) atoms. The van der Waals surface area contributed by atoms with Crippen LogP contribution in [0.2, 0.25) is 5.15 Å². The van der Waals surface area contributed by atoms with E-state index < -0.39 is 24.5 Å². The number of hydrogen-bond acceptors (Lipinski definition) is 5. The maximum atomic E-state index is 12.5. The molecular formula is C22H19ClN2O4. The summed E-state index contributed by atoms with van der Waals surface area (Å²) < 4.78 is 10.3. The first kappa shape index (κ1) is 20.4. The van der Waals surface area contributed by atoms with E-state index >= 15 is 0 Å². The number of ether oxygens (including phenoxy) is 2. The van der Waals surface area contributed by atoms with Crippen molar-refractivity contribution in [1.82, 2.24) is 10.3 Å². The van der Waals surface area contributed by atoms with E-state index in [0.717, 1.165) is 11.1 Å². The molecule has 0 aliphatic heterocycles. The third-order valence-corrected chi connectivity index (χ3v) is 4.50. The third-order valence-electron chi connectivity index (χ3n) is 4.20. The fourth-order valence-corrected chi connectivity index (χ4v) is 2.95. The summed E-state index contributed by atoms with van der Waals surface area (Å²) in [7, 11) is 1.59. The number of amides is 1. The number of aromatic nitrogens is 1. The van der Waals surface area contributed by atoms with Gasteiger partial charge in [0.05, 0.1) is 18.7 Å². The Kier molecular flexibility index (Phi) is 6.81. The molecule has 1 amide bonds. The van der Waals surface area contributed by atoms with E-state index in [0.29, 0.717) is 5.75 Å². The molecule has 0 saturated heterocycles. The number of methoxy groups -OCH3 is 1. The van der Waals surface area contributed by atoms with Crippen LogP contribution in [-0.4, -0.2) is 30.6 Å². The van der Waals surface area contributed by atoms with Gasteiger partial charge in [0.15, 0.2) is 6.61 Å². The molecule has 3 rings (SSSR count). The Morgan fingerprint density at radius 2 is 1.69 bits per heavy atom. The van der Waals surface area contributed by atoms with Crippen molar-refractivity contribution in [3.8, 4) is 5.75 Å². The van der Waals surface area contributed by atoms with Crippen molar-refractivity contribution in [2.75, 3.05) is 13.7 Å². The van der Waals surface area contributed by atoms with E-state index in [9.17, 15) is 9.59 Å². The van der Waals surface area contributed by atoms with E-state index in [2.05, 4.69) is 10.3 Å². The molecule has 148 valence electrons. The molecule has 2 aromatic carbocycles. The Bertz CT molecular complexity index is 978. The fourth-order valence-electron chi connectivity index (χ4n) is 2.75. The molecule has 0 fully saturated rings. The fraction of sp³-hybridized carbons (Fsp3) is 0.136. The SMILES string of the molecule is COc1ccc([C@H](NC(=O)COC(=O)c2cccnc2Cl)c2ccccc2)cc1. The van der Waals surface area contributed by atoms with Gasteiger partial charge in [-0.25, -0.2) is 9.78 Å². The predicted octanol–water partition coefficient (Wildman–Crippen LogP) is 3.81. The Balaban J connectivity index is 1.71. The number of hydrogen-bond donors (Lipinski definition) is 1. The first-order valence-electron chi connectivity index (χ1n) is 8.84. The normalized spacial score (nSPS) is 11.4. The third kappa shape index (κ3) is 5.33. The molecular weight excluding hydrogens is 392 g/mol. The molecule has 0 unspecified atom stereocenters. The van der Waals surface area contributed by atoms with Crippen LogP contribution in [0.5, 0.6) is 5.75 Å². The van der Waals surface area contributed by atoms with Gasteiger partial charge in [-0.3, -0.25) is 4.79 Å². The van der Waals surface area contributed by atoms with Crippen molar-refractivity contribution in [2.24, 2.45) is 0 Å². The first-order valence-corrected chi connectivity index (χ1v) is 9.22. The second-order valence-corrected chi connectivity index (χ2v) is 6.46. The van der Waals surface area contributed by atoms with Gasteiger partial charge in [0.25, 0.3) is 5.91 Å².